The number of hydrogen-bond acceptors (Lipinski definition) is 1. The van der Waals surface area contributed by atoms with Gasteiger partial charge in [-0.3, -0.25) is 0 Å². The largest absolute Gasteiger partial charge is 0.497 e. The number of allylic oxidation sites excluding steroid dienone is 7. The number of rotatable bonds is 14. The summed E-state index contributed by atoms with van der Waals surface area (Å²) in [6, 6.07) is 52.2. The van der Waals surface area contributed by atoms with Gasteiger partial charge in [0.15, 0.2) is 0 Å². The molecular weight excluding hydrogens is 689 g/mol. The molecule has 0 heterocycles. The maximum absolute atomic E-state index is 5.17. The molecule has 0 atom stereocenters. The predicted molar refractivity (Wildman–Crippen MR) is 251 cm³/mol. The van der Waals surface area contributed by atoms with Crippen molar-refractivity contribution >= 4 is 6.08 Å². The molecule has 1 heteroatoms. The monoisotopic (exact) mass is 750 g/mol. The Hall–Kier alpha value is -5.92. The van der Waals surface area contributed by atoms with Gasteiger partial charge in [0.05, 0.1) is 7.11 Å². The highest BCUT2D eigenvalue weighted by Crippen LogP contribution is 2.24. The Labute approximate surface area is 344 Å². The van der Waals surface area contributed by atoms with E-state index in [1.165, 1.54) is 61.2 Å². The molecule has 0 fully saturated rings. The van der Waals surface area contributed by atoms with Crippen LogP contribution in [0.2, 0.25) is 0 Å². The van der Waals surface area contributed by atoms with Gasteiger partial charge in [-0.2, -0.15) is 0 Å². The SMILES string of the molecule is CC=CCCc1ccc(-c2ccc(C)cc2)cc1.CC=CCCc1ccc(-c2ccc(C=CC)cc2)cc1.CC=CCCc1ccc(-c2ccc(OC)cc2)cc1. The normalized spacial score (nSPS) is 11.1. The van der Waals surface area contributed by atoms with E-state index in [9.17, 15) is 0 Å². The minimum Gasteiger partial charge on any atom is -0.497 e. The zero-order valence-corrected chi connectivity index (χ0v) is 35.1. The maximum Gasteiger partial charge on any atom is 0.118 e. The summed E-state index contributed by atoms with van der Waals surface area (Å²) in [5.74, 6) is 0.895. The van der Waals surface area contributed by atoms with Crippen LogP contribution in [0.15, 0.2) is 188 Å². The van der Waals surface area contributed by atoms with E-state index in [2.05, 4.69) is 210 Å². The van der Waals surface area contributed by atoms with E-state index in [0.29, 0.717) is 0 Å². The zero-order valence-electron chi connectivity index (χ0n) is 35.1. The fourth-order valence-corrected chi connectivity index (χ4v) is 6.35. The quantitative estimate of drug-likeness (QED) is 0.101. The molecule has 1 nitrogen and oxygen atoms in total. The van der Waals surface area contributed by atoms with Gasteiger partial charge in [-0.1, -0.05) is 188 Å². The average molecular weight is 751 g/mol. The first-order valence-electron chi connectivity index (χ1n) is 20.5. The smallest absolute Gasteiger partial charge is 0.118 e. The van der Waals surface area contributed by atoms with E-state index in [1.807, 2.05) is 19.1 Å². The van der Waals surface area contributed by atoms with Gasteiger partial charge in [0.1, 0.15) is 5.75 Å². The van der Waals surface area contributed by atoms with Crippen LogP contribution in [-0.4, -0.2) is 7.11 Å². The molecule has 0 spiro atoms. The molecule has 0 N–H and O–H groups in total. The van der Waals surface area contributed by atoms with Crippen molar-refractivity contribution in [1.29, 1.82) is 0 Å². The summed E-state index contributed by atoms with van der Waals surface area (Å²) >= 11 is 0. The van der Waals surface area contributed by atoms with E-state index in [4.69, 9.17) is 4.74 Å². The first-order valence-corrected chi connectivity index (χ1v) is 20.5. The zero-order chi connectivity index (χ0) is 40.5. The number of hydrogen-bond donors (Lipinski definition) is 0. The van der Waals surface area contributed by atoms with Gasteiger partial charge in [-0.15, -0.1) is 0 Å². The molecule has 0 aliphatic carbocycles. The topological polar surface area (TPSA) is 9.23 Å². The van der Waals surface area contributed by atoms with Crippen LogP contribution in [-0.2, 0) is 19.3 Å². The van der Waals surface area contributed by atoms with Gasteiger partial charge in [-0.25, -0.2) is 0 Å². The Morgan fingerprint density at radius 2 is 0.667 bits per heavy atom. The molecule has 0 aliphatic rings. The van der Waals surface area contributed by atoms with Gasteiger partial charge >= 0.3 is 0 Å². The summed E-state index contributed by atoms with van der Waals surface area (Å²) in [4.78, 5) is 0. The van der Waals surface area contributed by atoms with Gasteiger partial charge in [0.25, 0.3) is 0 Å². The second kappa shape index (κ2) is 25.3. The lowest BCUT2D eigenvalue weighted by molar-refractivity contribution is 0.415. The van der Waals surface area contributed by atoms with Gasteiger partial charge in [0.2, 0.25) is 0 Å². The second-order valence-corrected chi connectivity index (χ2v) is 14.1. The molecule has 0 bridgehead atoms. The molecule has 6 rings (SSSR count). The highest BCUT2D eigenvalue weighted by Gasteiger charge is 2.01. The Kier molecular flexibility index (Phi) is 19.4. The third-order valence-electron chi connectivity index (χ3n) is 9.78. The molecule has 0 aliphatic heterocycles. The second-order valence-electron chi connectivity index (χ2n) is 14.1. The fourth-order valence-electron chi connectivity index (χ4n) is 6.35. The molecule has 6 aromatic rings. The first-order chi connectivity index (χ1) is 28.0. The van der Waals surface area contributed by atoms with Crippen LogP contribution in [0.1, 0.15) is 74.8 Å². The Morgan fingerprint density at radius 1 is 0.368 bits per heavy atom. The summed E-state index contributed by atoms with van der Waals surface area (Å²) in [6.07, 6.45) is 23.8. The summed E-state index contributed by atoms with van der Waals surface area (Å²) in [7, 11) is 1.69. The predicted octanol–water partition coefficient (Wildman–Crippen LogP) is 15.9. The van der Waals surface area contributed by atoms with Crippen LogP contribution in [0.25, 0.3) is 39.5 Å². The summed E-state index contributed by atoms with van der Waals surface area (Å²) in [6.45, 7) is 10.4. The maximum atomic E-state index is 5.17. The average Bonchev–Trinajstić information content (AvgIpc) is 3.26. The fraction of sp³-hybridized carbons (Fsp3) is 0.214. The van der Waals surface area contributed by atoms with Gasteiger partial charge in [0, 0.05) is 0 Å². The number of methoxy groups -OCH3 is 1. The molecular formula is C56H62O. The van der Waals surface area contributed by atoms with Crippen LogP contribution < -0.4 is 4.74 Å². The minimum absolute atomic E-state index is 0.895. The van der Waals surface area contributed by atoms with E-state index in [1.54, 1.807) is 7.11 Å². The molecule has 0 saturated carbocycles. The Bertz CT molecular complexity index is 2090. The molecule has 0 radical (unpaired) electrons. The van der Waals surface area contributed by atoms with Crippen molar-refractivity contribution in [2.45, 2.75) is 73.1 Å². The van der Waals surface area contributed by atoms with Crippen molar-refractivity contribution in [2.24, 2.45) is 0 Å². The lowest BCUT2D eigenvalue weighted by atomic mass is 10.0. The summed E-state index contributed by atoms with van der Waals surface area (Å²) in [5, 5.41) is 0. The lowest BCUT2D eigenvalue weighted by Crippen LogP contribution is -1.85. The Morgan fingerprint density at radius 3 is 0.965 bits per heavy atom. The molecule has 292 valence electrons. The van der Waals surface area contributed by atoms with Crippen LogP contribution in [0.4, 0.5) is 0 Å². The van der Waals surface area contributed by atoms with Crippen molar-refractivity contribution in [3.05, 3.63) is 216 Å². The molecule has 0 amide bonds. The van der Waals surface area contributed by atoms with Crippen molar-refractivity contribution in [3.63, 3.8) is 0 Å². The standard InChI is InChI=1S/C20H22.C18H20O.C18H20/c1-3-5-6-8-18-11-15-20(16-12-18)19-13-9-17(7-4-2)10-14-19;1-3-4-5-6-15-7-9-16(10-8-15)17-11-13-18(19-2)14-12-17;1-3-4-5-6-16-9-13-18(14-10-16)17-11-7-15(2)8-12-17/h3-5,7,9-16H,6,8H2,1-2H3;3-4,7-14H,5-6H2,1-2H3;3-4,7-14H,5-6H2,1-2H3. The summed E-state index contributed by atoms with van der Waals surface area (Å²) < 4.78 is 5.17. The van der Waals surface area contributed by atoms with E-state index in [0.717, 1.165) is 44.3 Å². The van der Waals surface area contributed by atoms with Crippen molar-refractivity contribution in [3.8, 4) is 39.1 Å². The molecule has 0 aromatic heterocycles. The number of ether oxygens (including phenoxy) is 1. The van der Waals surface area contributed by atoms with Crippen molar-refractivity contribution in [1.82, 2.24) is 0 Å². The molecule has 0 unspecified atom stereocenters. The number of aryl methyl sites for hydroxylation is 4. The highest BCUT2D eigenvalue weighted by atomic mass is 16.5. The number of benzene rings is 6. The lowest BCUT2D eigenvalue weighted by Gasteiger charge is -2.05. The highest BCUT2D eigenvalue weighted by molar-refractivity contribution is 5.67. The van der Waals surface area contributed by atoms with Gasteiger partial charge < -0.3 is 4.74 Å². The third kappa shape index (κ3) is 15.6. The van der Waals surface area contributed by atoms with E-state index < -0.39 is 0 Å². The van der Waals surface area contributed by atoms with Crippen molar-refractivity contribution in [2.75, 3.05) is 7.11 Å². The summed E-state index contributed by atoms with van der Waals surface area (Å²) in [5.41, 5.74) is 14.4. The van der Waals surface area contributed by atoms with Crippen LogP contribution >= 0.6 is 0 Å². The molecule has 6 aromatic carbocycles. The van der Waals surface area contributed by atoms with E-state index >= 15 is 0 Å². The van der Waals surface area contributed by atoms with Crippen LogP contribution in [0.3, 0.4) is 0 Å². The van der Waals surface area contributed by atoms with Crippen LogP contribution in [0, 0.1) is 6.92 Å². The van der Waals surface area contributed by atoms with Crippen LogP contribution in [0.5, 0.6) is 5.75 Å². The minimum atomic E-state index is 0.895. The molecule has 57 heavy (non-hydrogen) atoms. The van der Waals surface area contributed by atoms with E-state index in [-0.39, 0.29) is 0 Å². The molecule has 0 saturated heterocycles. The third-order valence-corrected chi connectivity index (χ3v) is 9.78. The first kappa shape index (κ1) is 43.8. The Balaban J connectivity index is 0.000000190. The van der Waals surface area contributed by atoms with Gasteiger partial charge in [-0.05, 0) is 141 Å². The van der Waals surface area contributed by atoms with Crippen molar-refractivity contribution < 1.29 is 4.74 Å².